The molecule has 1 aliphatic rings. The molecule has 4 heteroatoms. The Morgan fingerprint density at radius 3 is 2.35 bits per heavy atom. The Bertz CT molecular complexity index is 472. The quantitative estimate of drug-likeness (QED) is 0.888. The third-order valence-electron chi connectivity index (χ3n) is 4.08. The molecule has 0 aromatic heterocycles. The summed E-state index contributed by atoms with van der Waals surface area (Å²) in [6, 6.07) is 9.61. The lowest BCUT2D eigenvalue weighted by molar-refractivity contribution is -0.149. The molecule has 3 atom stereocenters. The van der Waals surface area contributed by atoms with Crippen molar-refractivity contribution in [1.82, 2.24) is 5.32 Å². The zero-order chi connectivity index (χ0) is 14.5. The molecule has 1 aromatic carbocycles. The Kier molecular flexibility index (Phi) is 4.77. The van der Waals surface area contributed by atoms with Gasteiger partial charge < -0.3 is 10.4 Å². The summed E-state index contributed by atoms with van der Waals surface area (Å²) >= 11 is 0. The minimum atomic E-state index is -0.850. The molecule has 0 saturated heterocycles. The summed E-state index contributed by atoms with van der Waals surface area (Å²) in [6.07, 6.45) is 3.11. The number of aliphatic carboxylic acids is 1. The lowest BCUT2D eigenvalue weighted by Crippen LogP contribution is -2.40. The van der Waals surface area contributed by atoms with Crippen molar-refractivity contribution in [3.8, 4) is 0 Å². The van der Waals surface area contributed by atoms with Crippen molar-refractivity contribution in [2.45, 2.75) is 38.6 Å². The summed E-state index contributed by atoms with van der Waals surface area (Å²) in [5.74, 6) is -1.91. The standard InChI is InChI=1S/C16H21NO3/c1-11(12-7-3-2-4-8-12)17-15(18)13-9-5-6-10-14(13)16(19)20/h2-4,7-8,11,13-14H,5-6,9-10H2,1H3,(H,17,18)(H,19,20)/t11-,13-,14-/m0/s1. The maximum Gasteiger partial charge on any atom is 0.307 e. The van der Waals surface area contributed by atoms with Gasteiger partial charge in [-0.2, -0.15) is 0 Å². The molecule has 0 unspecified atom stereocenters. The van der Waals surface area contributed by atoms with Crippen molar-refractivity contribution in [2.75, 3.05) is 0 Å². The Morgan fingerprint density at radius 2 is 1.75 bits per heavy atom. The second-order valence-corrected chi connectivity index (χ2v) is 5.48. The van der Waals surface area contributed by atoms with E-state index in [1.165, 1.54) is 0 Å². The normalized spacial score (nSPS) is 23.9. The molecule has 1 aliphatic carbocycles. The molecule has 0 spiro atoms. The zero-order valence-electron chi connectivity index (χ0n) is 11.7. The number of hydrogen-bond donors (Lipinski definition) is 2. The van der Waals surface area contributed by atoms with Crippen molar-refractivity contribution in [3.05, 3.63) is 35.9 Å². The fraction of sp³-hybridized carbons (Fsp3) is 0.500. The SMILES string of the molecule is C[C@H](NC(=O)[C@H]1CCCC[C@@H]1C(=O)O)c1ccccc1. The van der Waals surface area contributed by atoms with Gasteiger partial charge in [0.05, 0.1) is 17.9 Å². The Balaban J connectivity index is 2.01. The molecule has 1 aromatic rings. The van der Waals surface area contributed by atoms with Crippen LogP contribution in [0.15, 0.2) is 30.3 Å². The van der Waals surface area contributed by atoms with Gasteiger partial charge in [0, 0.05) is 0 Å². The van der Waals surface area contributed by atoms with E-state index in [1.807, 2.05) is 37.3 Å². The van der Waals surface area contributed by atoms with Gasteiger partial charge in [0.2, 0.25) is 5.91 Å². The summed E-state index contributed by atoms with van der Waals surface area (Å²) in [6.45, 7) is 1.92. The summed E-state index contributed by atoms with van der Waals surface area (Å²) < 4.78 is 0. The fourth-order valence-electron chi connectivity index (χ4n) is 2.89. The highest BCUT2D eigenvalue weighted by atomic mass is 16.4. The zero-order valence-corrected chi connectivity index (χ0v) is 11.7. The van der Waals surface area contributed by atoms with E-state index in [9.17, 15) is 14.7 Å². The number of hydrogen-bond acceptors (Lipinski definition) is 2. The average molecular weight is 275 g/mol. The van der Waals surface area contributed by atoms with Gasteiger partial charge in [0.25, 0.3) is 0 Å². The molecule has 2 N–H and O–H groups in total. The number of carboxylic acid groups (broad SMARTS) is 1. The first-order chi connectivity index (χ1) is 9.59. The van der Waals surface area contributed by atoms with Crippen LogP contribution in [0.4, 0.5) is 0 Å². The largest absolute Gasteiger partial charge is 0.481 e. The van der Waals surface area contributed by atoms with Gasteiger partial charge in [-0.1, -0.05) is 43.2 Å². The molecular weight excluding hydrogens is 254 g/mol. The van der Waals surface area contributed by atoms with E-state index in [1.54, 1.807) is 0 Å². The van der Waals surface area contributed by atoms with Gasteiger partial charge >= 0.3 is 5.97 Å². The molecule has 4 nitrogen and oxygen atoms in total. The number of benzene rings is 1. The summed E-state index contributed by atoms with van der Waals surface area (Å²) in [5, 5.41) is 12.2. The first kappa shape index (κ1) is 14.6. The summed E-state index contributed by atoms with van der Waals surface area (Å²) in [7, 11) is 0. The average Bonchev–Trinajstić information content (AvgIpc) is 2.48. The van der Waals surface area contributed by atoms with E-state index in [2.05, 4.69) is 5.32 Å². The van der Waals surface area contributed by atoms with Crippen LogP contribution in [-0.2, 0) is 9.59 Å². The smallest absolute Gasteiger partial charge is 0.307 e. The van der Waals surface area contributed by atoms with Crippen LogP contribution in [0, 0.1) is 11.8 Å². The third-order valence-corrected chi connectivity index (χ3v) is 4.08. The Hall–Kier alpha value is -1.84. The maximum atomic E-state index is 12.3. The van der Waals surface area contributed by atoms with Crippen LogP contribution >= 0.6 is 0 Å². The number of carboxylic acids is 1. The maximum absolute atomic E-state index is 12.3. The van der Waals surface area contributed by atoms with E-state index in [-0.39, 0.29) is 11.9 Å². The lowest BCUT2D eigenvalue weighted by Gasteiger charge is -2.28. The second-order valence-electron chi connectivity index (χ2n) is 5.48. The fourth-order valence-corrected chi connectivity index (χ4v) is 2.89. The second kappa shape index (κ2) is 6.55. The molecule has 1 amide bonds. The van der Waals surface area contributed by atoms with Gasteiger partial charge in [-0.15, -0.1) is 0 Å². The van der Waals surface area contributed by atoms with Crippen LogP contribution in [0.1, 0.15) is 44.2 Å². The molecule has 108 valence electrons. The van der Waals surface area contributed by atoms with E-state index in [4.69, 9.17) is 0 Å². The van der Waals surface area contributed by atoms with Crippen molar-refractivity contribution < 1.29 is 14.7 Å². The molecule has 0 radical (unpaired) electrons. The van der Waals surface area contributed by atoms with E-state index in [0.29, 0.717) is 12.8 Å². The molecule has 1 fully saturated rings. The van der Waals surface area contributed by atoms with Crippen LogP contribution in [-0.4, -0.2) is 17.0 Å². The first-order valence-electron chi connectivity index (χ1n) is 7.17. The number of amides is 1. The minimum Gasteiger partial charge on any atom is -0.481 e. The summed E-state index contributed by atoms with van der Waals surface area (Å²) in [4.78, 5) is 23.6. The minimum absolute atomic E-state index is 0.0972. The number of rotatable bonds is 4. The van der Waals surface area contributed by atoms with E-state index >= 15 is 0 Å². The molecular formula is C16H21NO3. The number of nitrogens with one attached hydrogen (secondary N) is 1. The highest BCUT2D eigenvalue weighted by molar-refractivity contribution is 5.85. The Labute approximate surface area is 119 Å². The van der Waals surface area contributed by atoms with Gasteiger partial charge in [0.15, 0.2) is 0 Å². The molecule has 0 aliphatic heterocycles. The van der Waals surface area contributed by atoms with Crippen LogP contribution in [0.3, 0.4) is 0 Å². The molecule has 2 rings (SSSR count). The van der Waals surface area contributed by atoms with Gasteiger partial charge in [-0.3, -0.25) is 9.59 Å². The van der Waals surface area contributed by atoms with Crippen molar-refractivity contribution in [2.24, 2.45) is 11.8 Å². The number of carbonyl (C=O) groups excluding carboxylic acids is 1. The highest BCUT2D eigenvalue weighted by Gasteiger charge is 2.36. The van der Waals surface area contributed by atoms with Crippen LogP contribution < -0.4 is 5.32 Å². The van der Waals surface area contributed by atoms with Gasteiger partial charge in [-0.05, 0) is 25.3 Å². The van der Waals surface area contributed by atoms with Gasteiger partial charge in [-0.25, -0.2) is 0 Å². The highest BCUT2D eigenvalue weighted by Crippen LogP contribution is 2.31. The monoisotopic (exact) mass is 275 g/mol. The predicted molar refractivity (Wildman–Crippen MR) is 76.1 cm³/mol. The van der Waals surface area contributed by atoms with E-state index < -0.39 is 17.8 Å². The predicted octanol–water partition coefficient (Wildman–Crippen LogP) is 2.75. The van der Waals surface area contributed by atoms with Crippen LogP contribution in [0.2, 0.25) is 0 Å². The van der Waals surface area contributed by atoms with Crippen LogP contribution in [0.5, 0.6) is 0 Å². The summed E-state index contributed by atoms with van der Waals surface area (Å²) in [5.41, 5.74) is 1.03. The Morgan fingerprint density at radius 1 is 1.15 bits per heavy atom. The number of carbonyl (C=O) groups is 2. The topological polar surface area (TPSA) is 66.4 Å². The molecule has 0 bridgehead atoms. The van der Waals surface area contributed by atoms with Crippen molar-refractivity contribution in [1.29, 1.82) is 0 Å². The molecule has 1 saturated carbocycles. The van der Waals surface area contributed by atoms with Crippen LogP contribution in [0.25, 0.3) is 0 Å². The lowest BCUT2D eigenvalue weighted by atomic mass is 9.78. The van der Waals surface area contributed by atoms with Gasteiger partial charge in [0.1, 0.15) is 0 Å². The van der Waals surface area contributed by atoms with Crippen molar-refractivity contribution >= 4 is 11.9 Å². The third kappa shape index (κ3) is 3.38. The van der Waals surface area contributed by atoms with E-state index in [0.717, 1.165) is 18.4 Å². The van der Waals surface area contributed by atoms with Crippen molar-refractivity contribution in [3.63, 3.8) is 0 Å². The molecule has 20 heavy (non-hydrogen) atoms. The molecule has 0 heterocycles. The first-order valence-corrected chi connectivity index (χ1v) is 7.17.